The van der Waals surface area contributed by atoms with E-state index in [1.165, 1.54) is 0 Å². The highest BCUT2D eigenvalue weighted by molar-refractivity contribution is 7.99. The van der Waals surface area contributed by atoms with Gasteiger partial charge in [0.15, 0.2) is 0 Å². The molecule has 0 saturated heterocycles. The molecule has 0 unspecified atom stereocenters. The number of benzene rings is 1. The molecule has 0 aliphatic carbocycles. The van der Waals surface area contributed by atoms with Gasteiger partial charge in [-0.25, -0.2) is 9.78 Å². The maximum absolute atomic E-state index is 11.1. The fraction of sp³-hybridized carbons (Fsp3) is 0.286. The van der Waals surface area contributed by atoms with Gasteiger partial charge >= 0.3 is 5.97 Å². The largest absolute Gasteiger partial charge is 0.478 e. The molecule has 2 aromatic rings. The number of aromatic carboxylic acids is 1. The summed E-state index contributed by atoms with van der Waals surface area (Å²) in [4.78, 5) is 16.2. The zero-order chi connectivity index (χ0) is 13.8. The Bertz CT molecular complexity index is 593. The third kappa shape index (κ3) is 3.38. The van der Waals surface area contributed by atoms with Crippen LogP contribution in [0.3, 0.4) is 0 Å². The number of rotatable bonds is 5. The number of carboxylic acids is 1. The van der Waals surface area contributed by atoms with Crippen molar-refractivity contribution < 1.29 is 9.90 Å². The van der Waals surface area contributed by atoms with Gasteiger partial charge in [0.05, 0.1) is 5.56 Å². The molecular weight excluding hydrogens is 260 g/mol. The second-order valence-electron chi connectivity index (χ2n) is 4.30. The topological polar surface area (TPSA) is 55.1 Å². The van der Waals surface area contributed by atoms with Crippen molar-refractivity contribution in [2.75, 3.05) is 5.75 Å². The van der Waals surface area contributed by atoms with Gasteiger partial charge in [-0.15, -0.1) is 11.8 Å². The lowest BCUT2D eigenvalue weighted by molar-refractivity contribution is 0.0696. The molecular formula is C14H16N2O2S. The van der Waals surface area contributed by atoms with E-state index in [9.17, 15) is 4.79 Å². The zero-order valence-electron chi connectivity index (χ0n) is 11.0. The van der Waals surface area contributed by atoms with Gasteiger partial charge in [0.1, 0.15) is 5.82 Å². The summed E-state index contributed by atoms with van der Waals surface area (Å²) in [5, 5.41) is 9.08. The monoisotopic (exact) mass is 276 g/mol. The van der Waals surface area contributed by atoms with Crippen molar-refractivity contribution in [1.82, 2.24) is 9.55 Å². The highest BCUT2D eigenvalue weighted by Crippen LogP contribution is 2.22. The average molecular weight is 276 g/mol. The molecule has 0 aliphatic rings. The van der Waals surface area contributed by atoms with Crippen LogP contribution in [0.5, 0.6) is 0 Å². The van der Waals surface area contributed by atoms with Gasteiger partial charge < -0.3 is 9.67 Å². The standard InChI is InChI=1S/C14H16N2O2S/c1-10-3-4-12(9-13(10)14(17)18)19-8-7-16-6-5-15-11(16)2/h3-6,9H,7-8H2,1-2H3,(H,17,18). The third-order valence-corrected chi connectivity index (χ3v) is 3.94. The highest BCUT2D eigenvalue weighted by Gasteiger charge is 2.08. The lowest BCUT2D eigenvalue weighted by atomic mass is 10.1. The first kappa shape index (κ1) is 13.7. The van der Waals surface area contributed by atoms with Crippen molar-refractivity contribution in [1.29, 1.82) is 0 Å². The van der Waals surface area contributed by atoms with E-state index in [0.29, 0.717) is 5.56 Å². The molecule has 0 aliphatic heterocycles. The Labute approximate surface area is 116 Å². The lowest BCUT2D eigenvalue weighted by Gasteiger charge is -2.07. The van der Waals surface area contributed by atoms with Crippen molar-refractivity contribution in [3.8, 4) is 0 Å². The molecule has 0 saturated carbocycles. The van der Waals surface area contributed by atoms with Gasteiger partial charge in [-0.05, 0) is 31.5 Å². The second-order valence-corrected chi connectivity index (χ2v) is 5.47. The van der Waals surface area contributed by atoms with Crippen molar-refractivity contribution in [2.45, 2.75) is 25.3 Å². The van der Waals surface area contributed by atoms with Crippen LogP contribution in [0.4, 0.5) is 0 Å². The van der Waals surface area contributed by atoms with E-state index in [1.54, 1.807) is 24.0 Å². The molecule has 0 amide bonds. The Kier molecular flexibility index (Phi) is 4.27. The predicted molar refractivity (Wildman–Crippen MR) is 75.8 cm³/mol. The van der Waals surface area contributed by atoms with Crippen LogP contribution in [-0.4, -0.2) is 26.4 Å². The Balaban J connectivity index is 1.98. The van der Waals surface area contributed by atoms with E-state index in [2.05, 4.69) is 9.55 Å². The zero-order valence-corrected chi connectivity index (χ0v) is 11.8. The molecule has 2 rings (SSSR count). The quantitative estimate of drug-likeness (QED) is 0.853. The number of thioether (sulfide) groups is 1. The maximum atomic E-state index is 11.1. The SMILES string of the molecule is Cc1ccc(SCCn2ccnc2C)cc1C(=O)O. The molecule has 5 heteroatoms. The minimum atomic E-state index is -0.870. The minimum Gasteiger partial charge on any atom is -0.478 e. The molecule has 19 heavy (non-hydrogen) atoms. The van der Waals surface area contributed by atoms with Crippen LogP contribution in [-0.2, 0) is 6.54 Å². The van der Waals surface area contributed by atoms with Crippen LogP contribution in [0, 0.1) is 13.8 Å². The number of carboxylic acid groups (broad SMARTS) is 1. The average Bonchev–Trinajstić information content (AvgIpc) is 2.77. The van der Waals surface area contributed by atoms with Crippen LogP contribution in [0.15, 0.2) is 35.5 Å². The van der Waals surface area contributed by atoms with Crippen molar-refractivity contribution in [2.24, 2.45) is 0 Å². The molecule has 0 fully saturated rings. The first-order valence-electron chi connectivity index (χ1n) is 6.02. The molecule has 1 heterocycles. The molecule has 0 bridgehead atoms. The van der Waals surface area contributed by atoms with Crippen molar-refractivity contribution >= 4 is 17.7 Å². The van der Waals surface area contributed by atoms with Gasteiger partial charge in [0.25, 0.3) is 0 Å². The van der Waals surface area contributed by atoms with Crippen LogP contribution in [0.1, 0.15) is 21.7 Å². The smallest absolute Gasteiger partial charge is 0.335 e. The first-order valence-corrected chi connectivity index (χ1v) is 7.01. The maximum Gasteiger partial charge on any atom is 0.335 e. The number of hydrogen-bond donors (Lipinski definition) is 1. The summed E-state index contributed by atoms with van der Waals surface area (Å²) < 4.78 is 2.08. The summed E-state index contributed by atoms with van der Waals surface area (Å²) in [5.41, 5.74) is 1.17. The van der Waals surface area contributed by atoms with Crippen LogP contribution in [0.2, 0.25) is 0 Å². The number of imidazole rings is 1. The molecule has 4 nitrogen and oxygen atoms in total. The lowest BCUT2D eigenvalue weighted by Crippen LogP contribution is -2.02. The van der Waals surface area contributed by atoms with Gasteiger partial charge in [-0.2, -0.15) is 0 Å². The van der Waals surface area contributed by atoms with E-state index in [0.717, 1.165) is 28.6 Å². The van der Waals surface area contributed by atoms with E-state index in [1.807, 2.05) is 32.2 Å². The van der Waals surface area contributed by atoms with Gasteiger partial charge in [0.2, 0.25) is 0 Å². The number of aryl methyl sites for hydroxylation is 3. The van der Waals surface area contributed by atoms with Crippen molar-refractivity contribution in [3.05, 3.63) is 47.5 Å². The Hall–Kier alpha value is -1.75. The summed E-state index contributed by atoms with van der Waals surface area (Å²) in [5.74, 6) is 1.01. The van der Waals surface area contributed by atoms with E-state index in [4.69, 9.17) is 5.11 Å². The highest BCUT2D eigenvalue weighted by atomic mass is 32.2. The van der Waals surface area contributed by atoms with E-state index >= 15 is 0 Å². The van der Waals surface area contributed by atoms with E-state index in [-0.39, 0.29) is 0 Å². The normalized spacial score (nSPS) is 10.6. The summed E-state index contributed by atoms with van der Waals surface area (Å²) in [6, 6.07) is 5.56. The number of carbonyl (C=O) groups is 1. The summed E-state index contributed by atoms with van der Waals surface area (Å²) >= 11 is 1.66. The first-order chi connectivity index (χ1) is 9.08. The van der Waals surface area contributed by atoms with Crippen molar-refractivity contribution in [3.63, 3.8) is 0 Å². The molecule has 1 aromatic heterocycles. The Morgan fingerprint density at radius 3 is 2.84 bits per heavy atom. The van der Waals surface area contributed by atoms with Gasteiger partial charge in [0, 0.05) is 29.6 Å². The van der Waals surface area contributed by atoms with Gasteiger partial charge in [-0.1, -0.05) is 6.07 Å². The summed E-state index contributed by atoms with van der Waals surface area (Å²) in [7, 11) is 0. The van der Waals surface area contributed by atoms with Gasteiger partial charge in [-0.3, -0.25) is 0 Å². The Morgan fingerprint density at radius 1 is 1.42 bits per heavy atom. The molecule has 1 aromatic carbocycles. The predicted octanol–water partition coefficient (Wildman–Crippen LogP) is 2.99. The van der Waals surface area contributed by atoms with E-state index < -0.39 is 5.97 Å². The molecule has 0 spiro atoms. The van der Waals surface area contributed by atoms with Crippen LogP contribution < -0.4 is 0 Å². The minimum absolute atomic E-state index is 0.379. The third-order valence-electron chi connectivity index (χ3n) is 2.96. The summed E-state index contributed by atoms with van der Waals surface area (Å²) in [6.07, 6.45) is 3.74. The second kappa shape index (κ2) is 5.93. The van der Waals surface area contributed by atoms with Crippen LogP contribution in [0.25, 0.3) is 0 Å². The molecule has 0 radical (unpaired) electrons. The summed E-state index contributed by atoms with van der Waals surface area (Å²) in [6.45, 7) is 4.65. The molecule has 1 N–H and O–H groups in total. The number of aromatic nitrogens is 2. The Morgan fingerprint density at radius 2 is 2.21 bits per heavy atom. The number of hydrogen-bond acceptors (Lipinski definition) is 3. The molecule has 100 valence electrons. The fourth-order valence-corrected chi connectivity index (χ4v) is 2.71. The van der Waals surface area contributed by atoms with Crippen LogP contribution >= 0.6 is 11.8 Å². The number of nitrogens with zero attached hydrogens (tertiary/aromatic N) is 2. The molecule has 0 atom stereocenters. The fourth-order valence-electron chi connectivity index (χ4n) is 1.82.